The lowest BCUT2D eigenvalue weighted by atomic mass is 9.44. The Morgan fingerprint density at radius 2 is 2.04 bits per heavy atom. The topological polar surface area (TPSA) is 61.7 Å². The monoisotopic (exact) mass is 376 g/mol. The SMILES string of the molecule is C[C@]12CC[C@@H](N=[N+]=[N-])CC1CCC1C2CC[C@]2(C)C(c3cccnc3)=CCC12. The summed E-state index contributed by atoms with van der Waals surface area (Å²) in [5.74, 6) is 3.23. The highest BCUT2D eigenvalue weighted by Crippen LogP contribution is 2.67. The van der Waals surface area contributed by atoms with Gasteiger partial charge in [-0.05, 0) is 109 Å². The maximum absolute atomic E-state index is 8.86. The lowest BCUT2D eigenvalue weighted by molar-refractivity contribution is -0.0980. The normalized spacial score (nSPS) is 44.5. The van der Waals surface area contributed by atoms with Crippen molar-refractivity contribution in [1.29, 1.82) is 0 Å². The van der Waals surface area contributed by atoms with E-state index in [2.05, 4.69) is 53.3 Å². The molecular formula is C24H32N4. The summed E-state index contributed by atoms with van der Waals surface area (Å²) in [5.41, 5.74) is 12.5. The maximum atomic E-state index is 8.86. The molecule has 5 rings (SSSR count). The maximum Gasteiger partial charge on any atom is 0.0377 e. The van der Waals surface area contributed by atoms with Crippen LogP contribution in [0.25, 0.3) is 16.0 Å². The van der Waals surface area contributed by atoms with Gasteiger partial charge in [0.05, 0.1) is 0 Å². The molecule has 0 aromatic carbocycles. The van der Waals surface area contributed by atoms with Gasteiger partial charge < -0.3 is 0 Å². The van der Waals surface area contributed by atoms with Crippen LogP contribution in [0.4, 0.5) is 0 Å². The van der Waals surface area contributed by atoms with Gasteiger partial charge in [0.2, 0.25) is 0 Å². The Morgan fingerprint density at radius 1 is 1.14 bits per heavy atom. The molecule has 1 heterocycles. The molecule has 4 aliphatic carbocycles. The first kappa shape index (κ1) is 18.2. The van der Waals surface area contributed by atoms with E-state index in [4.69, 9.17) is 5.53 Å². The molecule has 4 aliphatic rings. The molecule has 0 aliphatic heterocycles. The predicted molar refractivity (Wildman–Crippen MR) is 112 cm³/mol. The second-order valence-electron chi connectivity index (χ2n) is 10.3. The molecular weight excluding hydrogens is 344 g/mol. The Hall–Kier alpha value is -1.80. The Morgan fingerprint density at radius 3 is 2.82 bits per heavy atom. The summed E-state index contributed by atoms with van der Waals surface area (Å²) in [6.45, 7) is 5.11. The van der Waals surface area contributed by atoms with Crippen LogP contribution >= 0.6 is 0 Å². The van der Waals surface area contributed by atoms with Crippen molar-refractivity contribution in [1.82, 2.24) is 4.98 Å². The van der Waals surface area contributed by atoms with Gasteiger partial charge in [0.1, 0.15) is 0 Å². The fourth-order valence-electron chi connectivity index (χ4n) is 7.95. The van der Waals surface area contributed by atoms with Crippen molar-refractivity contribution < 1.29 is 0 Å². The molecule has 28 heavy (non-hydrogen) atoms. The summed E-state index contributed by atoms with van der Waals surface area (Å²) < 4.78 is 0. The molecule has 0 radical (unpaired) electrons. The fraction of sp³-hybridized carbons (Fsp3) is 0.708. The van der Waals surface area contributed by atoms with Gasteiger partial charge >= 0.3 is 0 Å². The molecule has 1 aromatic heterocycles. The standard InChI is InChI=1S/C24H32N4/c1-23-11-9-18(27-28-25)14-17(23)5-6-19-21-8-7-20(16-4-3-13-26-15-16)24(21,2)12-10-22(19)23/h3-4,7,13,15,17-19,21-22H,5-6,8-12,14H2,1-2H3/t17?,18-,19?,21?,22?,23+,24-/m1/s1. The van der Waals surface area contributed by atoms with Crippen molar-refractivity contribution in [3.8, 4) is 0 Å². The average molecular weight is 377 g/mol. The first-order chi connectivity index (χ1) is 13.6. The Kier molecular flexibility index (Phi) is 4.32. The largest absolute Gasteiger partial charge is 0.264 e. The van der Waals surface area contributed by atoms with E-state index in [-0.39, 0.29) is 6.04 Å². The molecule has 0 amide bonds. The lowest BCUT2D eigenvalue weighted by Gasteiger charge is -2.60. The zero-order valence-electron chi connectivity index (χ0n) is 17.2. The van der Waals surface area contributed by atoms with Crippen LogP contribution in [-0.2, 0) is 0 Å². The number of hydrogen-bond acceptors (Lipinski definition) is 2. The quantitative estimate of drug-likeness (QED) is 0.318. The van der Waals surface area contributed by atoms with E-state index >= 15 is 0 Å². The molecule has 4 nitrogen and oxygen atoms in total. The van der Waals surface area contributed by atoms with Crippen LogP contribution in [0.5, 0.6) is 0 Å². The molecule has 0 saturated heterocycles. The van der Waals surface area contributed by atoms with Crippen LogP contribution in [0.15, 0.2) is 35.7 Å². The van der Waals surface area contributed by atoms with Gasteiger partial charge in [-0.1, -0.05) is 31.1 Å². The molecule has 0 spiro atoms. The van der Waals surface area contributed by atoms with Crippen molar-refractivity contribution in [2.45, 2.75) is 71.3 Å². The average Bonchev–Trinajstić information content (AvgIpc) is 3.06. The number of azide groups is 1. The molecule has 4 heteroatoms. The van der Waals surface area contributed by atoms with E-state index in [1.807, 2.05) is 6.20 Å². The predicted octanol–water partition coefficient (Wildman–Crippen LogP) is 6.80. The van der Waals surface area contributed by atoms with Crippen LogP contribution < -0.4 is 0 Å². The highest BCUT2D eigenvalue weighted by atomic mass is 15.1. The van der Waals surface area contributed by atoms with Crippen molar-refractivity contribution in [3.63, 3.8) is 0 Å². The third kappa shape index (κ3) is 2.57. The third-order valence-corrected chi connectivity index (χ3v) is 9.41. The van der Waals surface area contributed by atoms with Crippen LogP contribution in [0, 0.1) is 34.5 Å². The second kappa shape index (κ2) is 6.62. The van der Waals surface area contributed by atoms with Gasteiger partial charge in [-0.2, -0.15) is 0 Å². The number of allylic oxidation sites excluding steroid dienone is 2. The van der Waals surface area contributed by atoms with Crippen LogP contribution in [0.1, 0.15) is 70.8 Å². The van der Waals surface area contributed by atoms with Crippen LogP contribution in [-0.4, -0.2) is 11.0 Å². The minimum Gasteiger partial charge on any atom is -0.264 e. The molecule has 7 atom stereocenters. The zero-order chi connectivity index (χ0) is 19.4. The number of hydrogen-bond donors (Lipinski definition) is 0. The van der Waals surface area contributed by atoms with E-state index in [1.54, 1.807) is 5.57 Å². The highest BCUT2D eigenvalue weighted by Gasteiger charge is 2.58. The molecule has 3 saturated carbocycles. The molecule has 0 N–H and O–H groups in total. The highest BCUT2D eigenvalue weighted by molar-refractivity contribution is 5.72. The zero-order valence-corrected chi connectivity index (χ0v) is 17.2. The third-order valence-electron chi connectivity index (χ3n) is 9.41. The summed E-state index contributed by atoms with van der Waals surface area (Å²) in [6, 6.07) is 4.56. The fourth-order valence-corrected chi connectivity index (χ4v) is 7.95. The van der Waals surface area contributed by atoms with Crippen LogP contribution in [0.3, 0.4) is 0 Å². The number of nitrogens with zero attached hydrogens (tertiary/aromatic N) is 4. The van der Waals surface area contributed by atoms with Crippen molar-refractivity contribution in [3.05, 3.63) is 46.6 Å². The van der Waals surface area contributed by atoms with Gasteiger partial charge in [0.25, 0.3) is 0 Å². The summed E-state index contributed by atoms with van der Waals surface area (Å²) in [5, 5.41) is 4.08. The molecule has 148 valence electrons. The second-order valence-corrected chi connectivity index (χ2v) is 10.3. The van der Waals surface area contributed by atoms with Crippen molar-refractivity contribution in [2.24, 2.45) is 39.6 Å². The molecule has 4 unspecified atom stereocenters. The van der Waals surface area contributed by atoms with Gasteiger partial charge in [-0.25, -0.2) is 0 Å². The number of fused-ring (bicyclic) bond motifs is 5. The number of rotatable bonds is 2. The smallest absolute Gasteiger partial charge is 0.0377 e. The summed E-state index contributed by atoms with van der Waals surface area (Å²) in [4.78, 5) is 7.50. The van der Waals surface area contributed by atoms with Gasteiger partial charge in [-0.3, -0.25) is 4.98 Å². The van der Waals surface area contributed by atoms with E-state index in [1.165, 1.54) is 44.1 Å². The first-order valence-electron chi connectivity index (χ1n) is 11.2. The van der Waals surface area contributed by atoms with Gasteiger partial charge in [-0.15, -0.1) is 0 Å². The lowest BCUT2D eigenvalue weighted by Crippen LogP contribution is -2.53. The van der Waals surface area contributed by atoms with E-state index in [0.717, 1.165) is 36.5 Å². The molecule has 1 aromatic rings. The Balaban J connectivity index is 1.41. The van der Waals surface area contributed by atoms with Gasteiger partial charge in [0, 0.05) is 23.3 Å². The molecule has 0 bridgehead atoms. The van der Waals surface area contributed by atoms with E-state index in [9.17, 15) is 0 Å². The first-order valence-corrected chi connectivity index (χ1v) is 11.2. The van der Waals surface area contributed by atoms with Crippen molar-refractivity contribution in [2.75, 3.05) is 0 Å². The van der Waals surface area contributed by atoms with E-state index in [0.29, 0.717) is 10.8 Å². The van der Waals surface area contributed by atoms with Crippen LogP contribution in [0.2, 0.25) is 0 Å². The minimum absolute atomic E-state index is 0.235. The van der Waals surface area contributed by atoms with Crippen molar-refractivity contribution >= 4 is 5.57 Å². The Bertz CT molecular complexity index is 826. The van der Waals surface area contributed by atoms with Gasteiger partial charge in [0.15, 0.2) is 0 Å². The summed E-state index contributed by atoms with van der Waals surface area (Å²) >= 11 is 0. The summed E-state index contributed by atoms with van der Waals surface area (Å²) in [6.07, 6.45) is 16.5. The summed E-state index contributed by atoms with van der Waals surface area (Å²) in [7, 11) is 0. The van der Waals surface area contributed by atoms with E-state index < -0.39 is 0 Å². The Labute approximate surface area is 168 Å². The number of aromatic nitrogens is 1. The molecule has 3 fully saturated rings. The number of pyridine rings is 1. The minimum atomic E-state index is 0.235.